The van der Waals surface area contributed by atoms with Crippen LogP contribution in [0.4, 0.5) is 0 Å². The second kappa shape index (κ2) is 6.75. The molecule has 23 heavy (non-hydrogen) atoms. The molecular weight excluding hydrogens is 290 g/mol. The number of ketones is 1. The van der Waals surface area contributed by atoms with Crippen molar-refractivity contribution in [3.05, 3.63) is 48.4 Å². The van der Waals surface area contributed by atoms with E-state index in [2.05, 4.69) is 26.8 Å². The number of aromatic nitrogens is 3. The Kier molecular flexibility index (Phi) is 4.34. The predicted octanol–water partition coefficient (Wildman–Crippen LogP) is 3.28. The van der Waals surface area contributed by atoms with Gasteiger partial charge in [-0.05, 0) is 23.6 Å². The molecule has 114 valence electrons. The van der Waals surface area contributed by atoms with E-state index in [4.69, 9.17) is 4.74 Å². The average Bonchev–Trinajstić information content (AvgIpc) is 3.00. The van der Waals surface area contributed by atoms with Crippen LogP contribution in [-0.2, 0) is 11.2 Å². The van der Waals surface area contributed by atoms with Gasteiger partial charge in [0, 0.05) is 19.0 Å². The van der Waals surface area contributed by atoms with E-state index in [-0.39, 0.29) is 5.78 Å². The number of nitrogens with zero attached hydrogens (tertiary/aromatic N) is 2. The quantitative estimate of drug-likeness (QED) is 0.593. The van der Waals surface area contributed by atoms with Gasteiger partial charge in [-0.3, -0.25) is 4.79 Å². The number of aromatic amines is 1. The van der Waals surface area contributed by atoms with Crippen molar-refractivity contribution in [1.82, 2.24) is 15.0 Å². The van der Waals surface area contributed by atoms with Crippen LogP contribution < -0.4 is 4.74 Å². The van der Waals surface area contributed by atoms with Crippen molar-refractivity contribution in [3.63, 3.8) is 0 Å². The number of para-hydroxylation sites is 1. The smallest absolute Gasteiger partial charge is 0.232 e. The maximum atomic E-state index is 11.3. The summed E-state index contributed by atoms with van der Waals surface area (Å²) in [7, 11) is 0. The molecule has 5 nitrogen and oxygen atoms in total. The fraction of sp³-hybridized carbons (Fsp3) is 0.167. The van der Waals surface area contributed by atoms with Crippen molar-refractivity contribution in [2.24, 2.45) is 0 Å². The van der Waals surface area contributed by atoms with Crippen molar-refractivity contribution >= 4 is 16.8 Å². The van der Waals surface area contributed by atoms with Crippen molar-refractivity contribution in [2.45, 2.75) is 19.8 Å². The summed E-state index contributed by atoms with van der Waals surface area (Å²) in [6, 6.07) is 9.44. The van der Waals surface area contributed by atoms with Crippen molar-refractivity contribution < 1.29 is 9.53 Å². The molecule has 0 aliphatic heterocycles. The lowest BCUT2D eigenvalue weighted by molar-refractivity contribution is -0.113. The van der Waals surface area contributed by atoms with Crippen molar-refractivity contribution in [2.75, 3.05) is 0 Å². The van der Waals surface area contributed by atoms with Gasteiger partial charge in [0.15, 0.2) is 0 Å². The van der Waals surface area contributed by atoms with Crippen molar-refractivity contribution in [3.8, 4) is 23.5 Å². The summed E-state index contributed by atoms with van der Waals surface area (Å²) in [4.78, 5) is 22.8. The number of carbonyl (C=O) groups is 1. The van der Waals surface area contributed by atoms with Gasteiger partial charge in [-0.2, -0.15) is 0 Å². The highest BCUT2D eigenvalue weighted by atomic mass is 16.5. The first kappa shape index (κ1) is 14.8. The lowest BCUT2D eigenvalue weighted by Crippen LogP contribution is -1.92. The molecule has 0 saturated heterocycles. The Morgan fingerprint density at radius 3 is 2.87 bits per heavy atom. The van der Waals surface area contributed by atoms with E-state index in [1.807, 2.05) is 36.5 Å². The molecule has 0 saturated carbocycles. The maximum absolute atomic E-state index is 11.3. The van der Waals surface area contributed by atoms with Crippen LogP contribution in [0.2, 0.25) is 0 Å². The standard InChI is InChI=1S/C18H15N3O2/c1-2-14(22)8-6-7-13-11-19-17-16(13)18(21-12-20-17)23-15-9-4-3-5-10-15/h3-5,9-12H,2,7H2,1H3,(H,19,20,21). The van der Waals surface area contributed by atoms with E-state index in [1.54, 1.807) is 6.92 Å². The van der Waals surface area contributed by atoms with Gasteiger partial charge in [0.25, 0.3) is 0 Å². The van der Waals surface area contributed by atoms with E-state index in [1.165, 1.54) is 6.33 Å². The lowest BCUT2D eigenvalue weighted by atomic mass is 10.1. The van der Waals surface area contributed by atoms with Gasteiger partial charge in [0.2, 0.25) is 11.7 Å². The average molecular weight is 305 g/mol. The Morgan fingerprint density at radius 2 is 2.09 bits per heavy atom. The number of rotatable bonds is 4. The Morgan fingerprint density at radius 1 is 1.26 bits per heavy atom. The molecule has 1 aromatic carbocycles. The normalized spacial score (nSPS) is 10.1. The molecule has 0 spiro atoms. The largest absolute Gasteiger partial charge is 0.438 e. The third kappa shape index (κ3) is 3.38. The highest BCUT2D eigenvalue weighted by molar-refractivity contribution is 5.95. The van der Waals surface area contributed by atoms with Gasteiger partial charge in [-0.25, -0.2) is 9.97 Å². The Labute approximate surface area is 133 Å². The molecule has 2 heterocycles. The molecule has 0 radical (unpaired) electrons. The topological polar surface area (TPSA) is 67.9 Å². The van der Waals surface area contributed by atoms with Crippen LogP contribution in [0.3, 0.4) is 0 Å². The van der Waals surface area contributed by atoms with Gasteiger partial charge in [-0.15, -0.1) is 0 Å². The van der Waals surface area contributed by atoms with E-state index in [0.29, 0.717) is 30.1 Å². The summed E-state index contributed by atoms with van der Waals surface area (Å²) in [6.07, 6.45) is 4.13. The molecule has 3 aromatic rings. The molecule has 2 aromatic heterocycles. The minimum Gasteiger partial charge on any atom is -0.438 e. The molecule has 0 amide bonds. The van der Waals surface area contributed by atoms with E-state index in [9.17, 15) is 4.79 Å². The second-order valence-corrected chi connectivity index (χ2v) is 4.89. The molecule has 5 heteroatoms. The van der Waals surface area contributed by atoms with E-state index < -0.39 is 0 Å². The number of hydrogen-bond acceptors (Lipinski definition) is 4. The SMILES string of the molecule is CCC(=O)C#CCc1c[nH]c2ncnc(Oc3ccccc3)c12. The first-order valence-corrected chi connectivity index (χ1v) is 7.33. The third-order valence-electron chi connectivity index (χ3n) is 3.30. The first-order chi connectivity index (χ1) is 11.3. The van der Waals surface area contributed by atoms with Crippen LogP contribution in [0.5, 0.6) is 11.6 Å². The van der Waals surface area contributed by atoms with Crippen LogP contribution in [0.1, 0.15) is 18.9 Å². The van der Waals surface area contributed by atoms with Gasteiger partial charge in [-0.1, -0.05) is 31.0 Å². The zero-order chi connectivity index (χ0) is 16.1. The molecule has 0 fully saturated rings. The summed E-state index contributed by atoms with van der Waals surface area (Å²) >= 11 is 0. The van der Waals surface area contributed by atoms with E-state index >= 15 is 0 Å². The lowest BCUT2D eigenvalue weighted by Gasteiger charge is -2.06. The molecule has 3 rings (SSSR count). The second-order valence-electron chi connectivity index (χ2n) is 4.89. The summed E-state index contributed by atoms with van der Waals surface area (Å²) in [5.41, 5.74) is 1.59. The van der Waals surface area contributed by atoms with Gasteiger partial charge >= 0.3 is 0 Å². The molecule has 0 bridgehead atoms. The summed E-state index contributed by atoms with van der Waals surface area (Å²) in [5.74, 6) is 6.62. The molecule has 1 N–H and O–H groups in total. The van der Waals surface area contributed by atoms with Crippen LogP contribution in [0, 0.1) is 11.8 Å². The zero-order valence-electron chi connectivity index (χ0n) is 12.7. The van der Waals surface area contributed by atoms with Gasteiger partial charge in [0.05, 0.1) is 5.39 Å². The Hall–Kier alpha value is -3.13. The minimum atomic E-state index is -0.0677. The predicted molar refractivity (Wildman–Crippen MR) is 87.2 cm³/mol. The third-order valence-corrected chi connectivity index (χ3v) is 3.30. The number of nitrogens with one attached hydrogen (secondary N) is 1. The number of H-pyrrole nitrogens is 1. The molecular formula is C18H15N3O2. The highest BCUT2D eigenvalue weighted by Gasteiger charge is 2.12. The van der Waals surface area contributed by atoms with Gasteiger partial charge in [0.1, 0.15) is 17.7 Å². The number of Topliss-reactive ketones (excluding diaryl/α,β-unsaturated/α-hetero) is 1. The van der Waals surface area contributed by atoms with Crippen molar-refractivity contribution in [1.29, 1.82) is 0 Å². The Balaban J connectivity index is 1.94. The summed E-state index contributed by atoms with van der Waals surface area (Å²) in [6.45, 7) is 1.79. The highest BCUT2D eigenvalue weighted by Crippen LogP contribution is 2.29. The number of hydrogen-bond donors (Lipinski definition) is 1. The summed E-state index contributed by atoms with van der Waals surface area (Å²) in [5, 5.41) is 0.787. The molecule has 0 aliphatic carbocycles. The molecule has 0 unspecified atom stereocenters. The van der Waals surface area contributed by atoms with Gasteiger partial charge < -0.3 is 9.72 Å². The number of carbonyl (C=O) groups excluding carboxylic acids is 1. The fourth-order valence-electron chi connectivity index (χ4n) is 2.14. The number of ether oxygens (including phenoxy) is 1. The number of fused-ring (bicyclic) bond motifs is 1. The van der Waals surface area contributed by atoms with Crippen LogP contribution in [-0.4, -0.2) is 20.7 Å². The Bertz CT molecular complexity index is 889. The minimum absolute atomic E-state index is 0.0677. The molecule has 0 atom stereocenters. The first-order valence-electron chi connectivity index (χ1n) is 7.33. The zero-order valence-corrected chi connectivity index (χ0v) is 12.7. The number of benzene rings is 1. The maximum Gasteiger partial charge on any atom is 0.232 e. The van der Waals surface area contributed by atoms with Crippen LogP contribution >= 0.6 is 0 Å². The van der Waals surface area contributed by atoms with E-state index in [0.717, 1.165) is 10.9 Å². The summed E-state index contributed by atoms with van der Waals surface area (Å²) < 4.78 is 5.85. The monoisotopic (exact) mass is 305 g/mol. The molecule has 0 aliphatic rings. The van der Waals surface area contributed by atoms with Crippen LogP contribution in [0.25, 0.3) is 11.0 Å². The van der Waals surface area contributed by atoms with Crippen LogP contribution in [0.15, 0.2) is 42.9 Å². The fourth-order valence-corrected chi connectivity index (χ4v) is 2.14.